The predicted molar refractivity (Wildman–Crippen MR) is 96.7 cm³/mol. The first kappa shape index (κ1) is 17.4. The Balaban J connectivity index is 1.62. The lowest BCUT2D eigenvalue weighted by atomic mass is 10.2. The molecular weight excluding hydrogens is 344 g/mol. The molecule has 2 aromatic carbocycles. The van der Waals surface area contributed by atoms with Crippen LogP contribution in [0.3, 0.4) is 0 Å². The van der Waals surface area contributed by atoms with Gasteiger partial charge in [0.05, 0.1) is 4.90 Å². The maximum Gasteiger partial charge on any atom is 0.243 e. The van der Waals surface area contributed by atoms with E-state index in [4.69, 9.17) is 11.6 Å². The molecule has 0 spiro atoms. The third-order valence-electron chi connectivity index (χ3n) is 4.31. The summed E-state index contributed by atoms with van der Waals surface area (Å²) in [5.41, 5.74) is 2.25. The molecule has 0 atom stereocenters. The van der Waals surface area contributed by atoms with Gasteiger partial charge in [-0.3, -0.25) is 4.90 Å². The largest absolute Gasteiger partial charge is 0.296 e. The smallest absolute Gasteiger partial charge is 0.243 e. The monoisotopic (exact) mass is 364 g/mol. The quantitative estimate of drug-likeness (QED) is 0.836. The summed E-state index contributed by atoms with van der Waals surface area (Å²) in [5, 5.41) is 0.729. The van der Waals surface area contributed by atoms with E-state index in [2.05, 4.69) is 4.90 Å². The first-order valence-electron chi connectivity index (χ1n) is 7.99. The molecule has 3 rings (SSSR count). The van der Waals surface area contributed by atoms with Crippen LogP contribution in [-0.4, -0.2) is 43.8 Å². The number of benzene rings is 2. The number of sulfonamides is 1. The Hall–Kier alpha value is -1.40. The molecule has 0 bridgehead atoms. The average Bonchev–Trinajstić information content (AvgIpc) is 2.58. The van der Waals surface area contributed by atoms with E-state index in [9.17, 15) is 8.42 Å². The molecule has 0 aromatic heterocycles. The van der Waals surface area contributed by atoms with Gasteiger partial charge in [-0.25, -0.2) is 8.42 Å². The normalized spacial score (nSPS) is 17.1. The topological polar surface area (TPSA) is 40.6 Å². The fourth-order valence-electron chi connectivity index (χ4n) is 2.84. The summed E-state index contributed by atoms with van der Waals surface area (Å²) in [6.45, 7) is 5.26. The lowest BCUT2D eigenvalue weighted by Gasteiger charge is -2.34. The maximum atomic E-state index is 12.7. The van der Waals surface area contributed by atoms with Gasteiger partial charge in [0, 0.05) is 37.7 Å². The van der Waals surface area contributed by atoms with Crippen LogP contribution < -0.4 is 0 Å². The first-order valence-corrected chi connectivity index (χ1v) is 9.80. The summed E-state index contributed by atoms with van der Waals surface area (Å²) < 4.78 is 27.0. The molecule has 1 aliphatic rings. The van der Waals surface area contributed by atoms with Crippen molar-refractivity contribution in [3.63, 3.8) is 0 Å². The molecule has 1 aliphatic heterocycles. The van der Waals surface area contributed by atoms with Crippen molar-refractivity contribution in [1.29, 1.82) is 0 Å². The molecule has 0 radical (unpaired) electrons. The zero-order valence-corrected chi connectivity index (χ0v) is 15.2. The first-order chi connectivity index (χ1) is 11.4. The van der Waals surface area contributed by atoms with Gasteiger partial charge in [-0.1, -0.05) is 41.4 Å². The minimum atomic E-state index is -3.39. The molecule has 1 fully saturated rings. The molecule has 6 heteroatoms. The van der Waals surface area contributed by atoms with Crippen molar-refractivity contribution in [1.82, 2.24) is 9.21 Å². The molecule has 2 aromatic rings. The van der Waals surface area contributed by atoms with Crippen LogP contribution in [0.2, 0.25) is 5.02 Å². The van der Waals surface area contributed by atoms with Gasteiger partial charge in [0.2, 0.25) is 10.0 Å². The zero-order valence-electron chi connectivity index (χ0n) is 13.7. The Bertz CT molecular complexity index is 781. The molecule has 4 nitrogen and oxygen atoms in total. The molecule has 0 aliphatic carbocycles. The lowest BCUT2D eigenvalue weighted by molar-refractivity contribution is 0.181. The van der Waals surface area contributed by atoms with Crippen molar-refractivity contribution < 1.29 is 8.42 Å². The second kappa shape index (κ2) is 7.23. The second-order valence-corrected chi connectivity index (χ2v) is 8.49. The fraction of sp³-hybridized carbons (Fsp3) is 0.333. The summed E-state index contributed by atoms with van der Waals surface area (Å²) in [6.07, 6.45) is 0. The van der Waals surface area contributed by atoms with Crippen molar-refractivity contribution in [2.45, 2.75) is 18.4 Å². The maximum absolute atomic E-state index is 12.7. The summed E-state index contributed by atoms with van der Waals surface area (Å²) in [5.74, 6) is 0. The summed E-state index contributed by atoms with van der Waals surface area (Å²) >= 11 is 5.90. The van der Waals surface area contributed by atoms with E-state index in [0.29, 0.717) is 18.0 Å². The fourth-order valence-corrected chi connectivity index (χ4v) is 4.38. The van der Waals surface area contributed by atoms with Gasteiger partial charge in [0.15, 0.2) is 0 Å². The molecule has 0 unspecified atom stereocenters. The van der Waals surface area contributed by atoms with E-state index in [0.717, 1.165) is 30.2 Å². The third kappa shape index (κ3) is 3.98. The van der Waals surface area contributed by atoms with E-state index >= 15 is 0 Å². The van der Waals surface area contributed by atoms with Gasteiger partial charge in [-0.05, 0) is 36.8 Å². The molecule has 128 valence electrons. The van der Waals surface area contributed by atoms with E-state index in [1.165, 1.54) is 5.56 Å². The minimum absolute atomic E-state index is 0.374. The number of aryl methyl sites for hydroxylation is 1. The Labute approximate surface area is 148 Å². The Kier molecular flexibility index (Phi) is 5.25. The number of rotatable bonds is 4. The predicted octanol–water partition coefficient (Wildman–Crippen LogP) is 3.15. The Morgan fingerprint density at radius 2 is 1.50 bits per heavy atom. The molecule has 1 heterocycles. The number of hydrogen-bond donors (Lipinski definition) is 0. The standard InChI is InChI=1S/C18H21ClN2O2S/c1-15-2-8-18(9-3-15)24(22,23)21-12-10-20(11-13-21)14-16-4-6-17(19)7-5-16/h2-9H,10-14H2,1H3. The molecular formula is C18H21ClN2O2S. The van der Waals surface area contributed by atoms with E-state index < -0.39 is 10.0 Å². The Morgan fingerprint density at radius 3 is 2.08 bits per heavy atom. The molecule has 24 heavy (non-hydrogen) atoms. The van der Waals surface area contributed by atoms with Gasteiger partial charge < -0.3 is 0 Å². The van der Waals surface area contributed by atoms with Crippen LogP contribution in [0.4, 0.5) is 0 Å². The average molecular weight is 365 g/mol. The van der Waals surface area contributed by atoms with Crippen LogP contribution in [-0.2, 0) is 16.6 Å². The number of piperazine rings is 1. The van der Waals surface area contributed by atoms with Crippen LogP contribution >= 0.6 is 11.6 Å². The van der Waals surface area contributed by atoms with E-state index in [-0.39, 0.29) is 0 Å². The molecule has 1 saturated heterocycles. The van der Waals surface area contributed by atoms with E-state index in [1.54, 1.807) is 16.4 Å². The van der Waals surface area contributed by atoms with Gasteiger partial charge in [0.1, 0.15) is 0 Å². The third-order valence-corrected chi connectivity index (χ3v) is 6.47. The van der Waals surface area contributed by atoms with Crippen molar-refractivity contribution >= 4 is 21.6 Å². The van der Waals surface area contributed by atoms with Crippen LogP contribution in [0.5, 0.6) is 0 Å². The van der Waals surface area contributed by atoms with E-state index in [1.807, 2.05) is 43.3 Å². The minimum Gasteiger partial charge on any atom is -0.296 e. The van der Waals surface area contributed by atoms with Crippen molar-refractivity contribution in [3.8, 4) is 0 Å². The SMILES string of the molecule is Cc1ccc(S(=O)(=O)N2CCN(Cc3ccc(Cl)cc3)CC2)cc1. The second-order valence-electron chi connectivity index (χ2n) is 6.12. The van der Waals surface area contributed by atoms with Crippen molar-refractivity contribution in [2.24, 2.45) is 0 Å². The lowest BCUT2D eigenvalue weighted by Crippen LogP contribution is -2.48. The van der Waals surface area contributed by atoms with Gasteiger partial charge in [-0.15, -0.1) is 0 Å². The Morgan fingerprint density at radius 1 is 0.917 bits per heavy atom. The van der Waals surface area contributed by atoms with Gasteiger partial charge in [0.25, 0.3) is 0 Å². The molecule has 0 N–H and O–H groups in total. The highest BCUT2D eigenvalue weighted by atomic mass is 35.5. The summed E-state index contributed by atoms with van der Waals surface area (Å²) in [7, 11) is -3.39. The molecule has 0 saturated carbocycles. The van der Waals surface area contributed by atoms with Gasteiger partial charge >= 0.3 is 0 Å². The highest BCUT2D eigenvalue weighted by molar-refractivity contribution is 7.89. The zero-order chi connectivity index (χ0) is 17.2. The highest BCUT2D eigenvalue weighted by Crippen LogP contribution is 2.19. The van der Waals surface area contributed by atoms with Crippen LogP contribution in [0, 0.1) is 6.92 Å². The summed E-state index contributed by atoms with van der Waals surface area (Å²) in [6, 6.07) is 14.8. The summed E-state index contributed by atoms with van der Waals surface area (Å²) in [4.78, 5) is 2.64. The van der Waals surface area contributed by atoms with Crippen LogP contribution in [0.15, 0.2) is 53.4 Å². The number of nitrogens with zero attached hydrogens (tertiary/aromatic N) is 2. The van der Waals surface area contributed by atoms with Crippen LogP contribution in [0.25, 0.3) is 0 Å². The van der Waals surface area contributed by atoms with Crippen LogP contribution in [0.1, 0.15) is 11.1 Å². The van der Waals surface area contributed by atoms with Crippen molar-refractivity contribution in [2.75, 3.05) is 26.2 Å². The van der Waals surface area contributed by atoms with Crippen molar-refractivity contribution in [3.05, 3.63) is 64.7 Å². The number of hydrogen-bond acceptors (Lipinski definition) is 3. The highest BCUT2D eigenvalue weighted by Gasteiger charge is 2.28. The molecule has 0 amide bonds. The number of halogens is 1. The van der Waals surface area contributed by atoms with Gasteiger partial charge in [-0.2, -0.15) is 4.31 Å².